The summed E-state index contributed by atoms with van der Waals surface area (Å²) >= 11 is 1.54. The van der Waals surface area contributed by atoms with Crippen LogP contribution in [0.3, 0.4) is 0 Å². The molecule has 140 valence electrons. The van der Waals surface area contributed by atoms with Crippen molar-refractivity contribution in [3.8, 4) is 10.6 Å². The summed E-state index contributed by atoms with van der Waals surface area (Å²) in [5.41, 5.74) is 3.47. The molecular formula is C20H20N2O3S2. The predicted octanol–water partition coefficient (Wildman–Crippen LogP) is 3.84. The van der Waals surface area contributed by atoms with Crippen molar-refractivity contribution < 1.29 is 13.2 Å². The second-order valence-electron chi connectivity index (χ2n) is 6.24. The van der Waals surface area contributed by atoms with Gasteiger partial charge in [-0.05, 0) is 26.0 Å². The topological polar surface area (TPSA) is 76.1 Å². The zero-order valence-electron chi connectivity index (χ0n) is 15.1. The molecule has 3 rings (SSSR count). The van der Waals surface area contributed by atoms with Gasteiger partial charge in [-0.3, -0.25) is 4.79 Å². The highest BCUT2D eigenvalue weighted by Crippen LogP contribution is 2.24. The van der Waals surface area contributed by atoms with E-state index in [4.69, 9.17) is 0 Å². The number of nitrogens with zero attached hydrogens (tertiary/aromatic N) is 1. The SMILES string of the molecule is CC(=O)c1cccc(S(=O)(=O)NCCc2csc(-c3ccc(C)cc3)n2)c1. The molecule has 0 aliphatic heterocycles. The van der Waals surface area contributed by atoms with Crippen LogP contribution in [-0.2, 0) is 16.4 Å². The fourth-order valence-corrected chi connectivity index (χ4v) is 4.47. The van der Waals surface area contributed by atoms with Crippen molar-refractivity contribution in [3.63, 3.8) is 0 Å². The number of sulfonamides is 1. The van der Waals surface area contributed by atoms with Crippen LogP contribution < -0.4 is 4.72 Å². The smallest absolute Gasteiger partial charge is 0.240 e. The number of carbonyl (C=O) groups excluding carboxylic acids is 1. The summed E-state index contributed by atoms with van der Waals surface area (Å²) in [5.74, 6) is -0.168. The van der Waals surface area contributed by atoms with Gasteiger partial charge in [-0.2, -0.15) is 0 Å². The molecule has 1 N–H and O–H groups in total. The summed E-state index contributed by atoms with van der Waals surface area (Å²) in [6, 6.07) is 14.2. The minimum Gasteiger partial charge on any atom is -0.295 e. The van der Waals surface area contributed by atoms with Crippen molar-refractivity contribution >= 4 is 27.1 Å². The van der Waals surface area contributed by atoms with Gasteiger partial charge < -0.3 is 0 Å². The summed E-state index contributed by atoms with van der Waals surface area (Å²) in [6.45, 7) is 3.69. The van der Waals surface area contributed by atoms with Gasteiger partial charge in [0.2, 0.25) is 10.0 Å². The average Bonchev–Trinajstić information content (AvgIpc) is 3.11. The number of nitrogens with one attached hydrogen (secondary N) is 1. The third kappa shape index (κ3) is 4.88. The molecule has 0 aliphatic carbocycles. The van der Waals surface area contributed by atoms with E-state index in [-0.39, 0.29) is 17.2 Å². The Bertz CT molecular complexity index is 1050. The maximum Gasteiger partial charge on any atom is 0.240 e. The molecule has 1 heterocycles. The van der Waals surface area contributed by atoms with Gasteiger partial charge in [0, 0.05) is 29.5 Å². The van der Waals surface area contributed by atoms with Gasteiger partial charge in [0.1, 0.15) is 5.01 Å². The molecule has 0 atom stereocenters. The number of rotatable bonds is 7. The molecule has 0 saturated heterocycles. The van der Waals surface area contributed by atoms with Crippen LogP contribution in [0.5, 0.6) is 0 Å². The number of thiazole rings is 1. The van der Waals surface area contributed by atoms with Crippen molar-refractivity contribution in [1.29, 1.82) is 0 Å². The second-order valence-corrected chi connectivity index (χ2v) is 8.87. The summed E-state index contributed by atoms with van der Waals surface area (Å²) in [5, 5.41) is 2.86. The van der Waals surface area contributed by atoms with Gasteiger partial charge >= 0.3 is 0 Å². The molecule has 0 amide bonds. The van der Waals surface area contributed by atoms with Crippen LogP contribution in [0, 0.1) is 6.92 Å². The fraction of sp³-hybridized carbons (Fsp3) is 0.200. The van der Waals surface area contributed by atoms with E-state index in [0.29, 0.717) is 12.0 Å². The molecular weight excluding hydrogens is 380 g/mol. The monoisotopic (exact) mass is 400 g/mol. The normalized spacial score (nSPS) is 11.5. The van der Waals surface area contributed by atoms with E-state index in [0.717, 1.165) is 16.3 Å². The minimum absolute atomic E-state index is 0.0915. The van der Waals surface area contributed by atoms with Gasteiger partial charge in [0.05, 0.1) is 10.6 Å². The van der Waals surface area contributed by atoms with Crippen LogP contribution in [-0.4, -0.2) is 25.7 Å². The number of aromatic nitrogens is 1. The number of aryl methyl sites for hydroxylation is 1. The van der Waals surface area contributed by atoms with Crippen LogP contribution in [0.4, 0.5) is 0 Å². The Kier molecular flexibility index (Phi) is 5.84. The summed E-state index contributed by atoms with van der Waals surface area (Å²) in [4.78, 5) is 16.1. The maximum absolute atomic E-state index is 12.4. The number of ketones is 1. The van der Waals surface area contributed by atoms with E-state index >= 15 is 0 Å². The Labute approximate surface area is 163 Å². The van der Waals surface area contributed by atoms with Crippen molar-refractivity contribution in [2.45, 2.75) is 25.2 Å². The van der Waals surface area contributed by atoms with E-state index in [1.165, 1.54) is 24.6 Å². The number of Topliss-reactive ketones (excluding diaryl/α,β-unsaturated/α-hetero) is 1. The summed E-state index contributed by atoms with van der Waals surface area (Å²) in [6.07, 6.45) is 0.494. The third-order valence-electron chi connectivity index (χ3n) is 4.07. The molecule has 0 radical (unpaired) electrons. The fourth-order valence-electron chi connectivity index (χ4n) is 2.53. The Morgan fingerprint density at radius 1 is 1.15 bits per heavy atom. The molecule has 3 aromatic rings. The number of benzene rings is 2. The van der Waals surface area contributed by atoms with E-state index in [1.54, 1.807) is 23.5 Å². The van der Waals surface area contributed by atoms with Crippen LogP contribution in [0.2, 0.25) is 0 Å². The highest BCUT2D eigenvalue weighted by Gasteiger charge is 2.15. The first kappa shape index (κ1) is 19.4. The first-order valence-corrected chi connectivity index (χ1v) is 10.8. The summed E-state index contributed by atoms with van der Waals surface area (Å²) < 4.78 is 27.4. The largest absolute Gasteiger partial charge is 0.295 e. The Balaban J connectivity index is 1.63. The van der Waals surface area contributed by atoms with Gasteiger partial charge in [-0.15, -0.1) is 11.3 Å². The predicted molar refractivity (Wildman–Crippen MR) is 108 cm³/mol. The number of carbonyl (C=O) groups is 1. The molecule has 1 aromatic heterocycles. The van der Waals surface area contributed by atoms with Crippen molar-refractivity contribution in [2.24, 2.45) is 0 Å². The summed E-state index contributed by atoms with van der Waals surface area (Å²) in [7, 11) is -3.66. The minimum atomic E-state index is -3.66. The highest BCUT2D eigenvalue weighted by atomic mass is 32.2. The Hall–Kier alpha value is -2.35. The van der Waals surface area contributed by atoms with Gasteiger partial charge in [0.25, 0.3) is 0 Å². The van der Waals surface area contributed by atoms with Gasteiger partial charge in [-0.25, -0.2) is 18.1 Å². The number of hydrogen-bond acceptors (Lipinski definition) is 5. The first-order valence-electron chi connectivity index (χ1n) is 8.47. The van der Waals surface area contributed by atoms with Crippen molar-refractivity contribution in [2.75, 3.05) is 6.54 Å². The lowest BCUT2D eigenvalue weighted by Crippen LogP contribution is -2.26. The van der Waals surface area contributed by atoms with Crippen LogP contribution in [0.25, 0.3) is 10.6 Å². The Morgan fingerprint density at radius 2 is 1.89 bits per heavy atom. The number of hydrogen-bond donors (Lipinski definition) is 1. The lowest BCUT2D eigenvalue weighted by atomic mass is 10.2. The highest BCUT2D eigenvalue weighted by molar-refractivity contribution is 7.89. The molecule has 0 aliphatic rings. The average molecular weight is 401 g/mol. The molecule has 0 saturated carbocycles. The molecule has 27 heavy (non-hydrogen) atoms. The van der Waals surface area contributed by atoms with Crippen LogP contribution in [0.1, 0.15) is 28.5 Å². The quantitative estimate of drug-likeness (QED) is 0.611. The molecule has 7 heteroatoms. The van der Waals surface area contributed by atoms with Gasteiger partial charge in [-0.1, -0.05) is 42.0 Å². The molecule has 0 bridgehead atoms. The lowest BCUT2D eigenvalue weighted by molar-refractivity contribution is 0.101. The molecule has 2 aromatic carbocycles. The van der Waals surface area contributed by atoms with E-state index in [2.05, 4.69) is 9.71 Å². The van der Waals surface area contributed by atoms with E-state index in [1.807, 2.05) is 36.6 Å². The molecule has 5 nitrogen and oxygen atoms in total. The van der Waals surface area contributed by atoms with E-state index < -0.39 is 10.0 Å². The molecule has 0 unspecified atom stereocenters. The van der Waals surface area contributed by atoms with Crippen LogP contribution >= 0.6 is 11.3 Å². The third-order valence-corrected chi connectivity index (χ3v) is 6.47. The van der Waals surface area contributed by atoms with E-state index in [9.17, 15) is 13.2 Å². The standard InChI is InChI=1S/C20H20N2O3S2/c1-14-6-8-16(9-7-14)20-22-18(13-26-20)10-11-21-27(24,25)19-5-3-4-17(12-19)15(2)23/h3-9,12-13,21H,10-11H2,1-2H3. The Morgan fingerprint density at radius 3 is 2.59 bits per heavy atom. The van der Waals surface area contributed by atoms with Crippen molar-refractivity contribution in [3.05, 3.63) is 70.7 Å². The van der Waals surface area contributed by atoms with Crippen LogP contribution in [0.15, 0.2) is 58.8 Å². The lowest BCUT2D eigenvalue weighted by Gasteiger charge is -2.07. The zero-order chi connectivity index (χ0) is 19.4. The maximum atomic E-state index is 12.4. The zero-order valence-corrected chi connectivity index (χ0v) is 16.7. The first-order chi connectivity index (χ1) is 12.8. The second kappa shape index (κ2) is 8.12. The van der Waals surface area contributed by atoms with Crippen molar-refractivity contribution in [1.82, 2.24) is 9.71 Å². The molecule has 0 fully saturated rings. The molecule has 0 spiro atoms. The van der Waals surface area contributed by atoms with Gasteiger partial charge in [0.15, 0.2) is 5.78 Å².